The third-order valence-corrected chi connectivity index (χ3v) is 2.68. The molecule has 0 atom stereocenters. The van der Waals surface area contributed by atoms with Crippen molar-refractivity contribution in [1.29, 1.82) is 5.26 Å². The van der Waals surface area contributed by atoms with E-state index >= 15 is 0 Å². The quantitative estimate of drug-likeness (QED) is 0.639. The van der Waals surface area contributed by atoms with Crippen molar-refractivity contribution in [2.75, 3.05) is 10.6 Å². The van der Waals surface area contributed by atoms with Gasteiger partial charge in [0.1, 0.15) is 0 Å². The Hall–Kier alpha value is -3.32. The van der Waals surface area contributed by atoms with Crippen molar-refractivity contribution in [3.05, 3.63) is 79.4 Å². The molecule has 116 valence electrons. The summed E-state index contributed by atoms with van der Waals surface area (Å²) in [6.07, 6.45) is 1.18. The number of rotatable bonds is 4. The second-order valence-electron chi connectivity index (χ2n) is 4.64. The number of anilines is 3. The normalized spacial score (nSPS) is 8.70. The molecule has 0 radical (unpaired) electrons. The second kappa shape index (κ2) is 9.59. The Balaban J connectivity index is 0.000000593. The van der Waals surface area contributed by atoms with Crippen molar-refractivity contribution in [3.8, 4) is 6.07 Å². The van der Waals surface area contributed by atoms with Crippen molar-refractivity contribution in [3.63, 3.8) is 0 Å². The first-order valence-corrected chi connectivity index (χ1v) is 6.96. The summed E-state index contributed by atoms with van der Waals surface area (Å²) in [5.74, 6) is -0.163. The number of nitriles is 1. The number of nitrogens with one attached hydrogen (secondary N) is 2. The summed E-state index contributed by atoms with van der Waals surface area (Å²) in [6.45, 7) is 8.40. The van der Waals surface area contributed by atoms with Gasteiger partial charge >= 0.3 is 0 Å². The van der Waals surface area contributed by atoms with Gasteiger partial charge in [0.05, 0.1) is 6.07 Å². The molecule has 0 saturated heterocycles. The van der Waals surface area contributed by atoms with E-state index in [0.29, 0.717) is 5.57 Å². The molecule has 0 aliphatic carbocycles. The third-order valence-electron chi connectivity index (χ3n) is 2.68. The monoisotopic (exact) mass is 305 g/mol. The lowest BCUT2D eigenvalue weighted by Gasteiger charge is -2.08. The Labute approximate surface area is 136 Å². The van der Waals surface area contributed by atoms with E-state index < -0.39 is 0 Å². The van der Waals surface area contributed by atoms with E-state index in [2.05, 4.69) is 23.8 Å². The van der Waals surface area contributed by atoms with Crippen LogP contribution in [0.1, 0.15) is 6.92 Å². The van der Waals surface area contributed by atoms with Gasteiger partial charge in [-0.1, -0.05) is 31.4 Å². The van der Waals surface area contributed by atoms with E-state index in [0.717, 1.165) is 17.1 Å². The molecule has 0 aliphatic rings. The highest BCUT2D eigenvalue weighted by Gasteiger charge is 2.02. The summed E-state index contributed by atoms with van der Waals surface area (Å²) in [4.78, 5) is 11.5. The maximum atomic E-state index is 11.5. The molecular weight excluding hydrogens is 286 g/mol. The molecular formula is C19H19N3O. The average molecular weight is 305 g/mol. The molecule has 2 aromatic rings. The smallest absolute Gasteiger partial charge is 0.250 e. The van der Waals surface area contributed by atoms with E-state index in [-0.39, 0.29) is 5.91 Å². The molecule has 4 heteroatoms. The highest BCUT2D eigenvalue weighted by Crippen LogP contribution is 2.18. The Bertz CT molecular complexity index is 698. The van der Waals surface area contributed by atoms with E-state index in [1.807, 2.05) is 54.6 Å². The molecule has 2 aromatic carbocycles. The Morgan fingerprint density at radius 3 is 2.00 bits per heavy atom. The minimum absolute atomic E-state index is 0.163. The zero-order valence-electron chi connectivity index (χ0n) is 13.0. The summed E-state index contributed by atoms with van der Waals surface area (Å²) in [5.41, 5.74) is 3.25. The Kier molecular flexibility index (Phi) is 7.39. The van der Waals surface area contributed by atoms with Gasteiger partial charge in [-0.25, -0.2) is 0 Å². The molecule has 0 unspecified atom stereocenters. The second-order valence-corrected chi connectivity index (χ2v) is 4.64. The summed E-state index contributed by atoms with van der Waals surface area (Å²) >= 11 is 0. The average Bonchev–Trinajstić information content (AvgIpc) is 2.57. The van der Waals surface area contributed by atoms with Crippen molar-refractivity contribution in [2.45, 2.75) is 6.92 Å². The molecule has 1 amide bonds. The van der Waals surface area contributed by atoms with Gasteiger partial charge in [0, 0.05) is 28.7 Å². The molecule has 2 rings (SSSR count). The van der Waals surface area contributed by atoms with Crippen molar-refractivity contribution >= 4 is 23.0 Å². The standard InChI is InChI=1S/C16H16N2O.C3H3N/c1-12(2)16(19)18-15-10-8-14(9-11-15)17-13-6-4-3-5-7-13;1-2-3-4/h3-11,17H,1H2,2H3,(H,18,19);2H,1H2. The highest BCUT2D eigenvalue weighted by atomic mass is 16.1. The van der Waals surface area contributed by atoms with Crippen LogP contribution < -0.4 is 10.6 Å². The minimum atomic E-state index is -0.163. The van der Waals surface area contributed by atoms with E-state index in [9.17, 15) is 4.79 Å². The fraction of sp³-hybridized carbons (Fsp3) is 0.0526. The third kappa shape index (κ3) is 6.78. The van der Waals surface area contributed by atoms with Gasteiger partial charge in [-0.15, -0.1) is 0 Å². The van der Waals surface area contributed by atoms with Gasteiger partial charge in [0.2, 0.25) is 0 Å². The Morgan fingerprint density at radius 1 is 1.04 bits per heavy atom. The van der Waals surface area contributed by atoms with E-state index in [1.54, 1.807) is 13.0 Å². The van der Waals surface area contributed by atoms with Crippen LogP contribution in [0, 0.1) is 11.3 Å². The molecule has 0 spiro atoms. The summed E-state index contributed by atoms with van der Waals surface area (Å²) in [6, 6.07) is 19.2. The van der Waals surface area contributed by atoms with Crippen molar-refractivity contribution in [1.82, 2.24) is 0 Å². The van der Waals surface area contributed by atoms with Gasteiger partial charge in [0.15, 0.2) is 0 Å². The number of carbonyl (C=O) groups excluding carboxylic acids is 1. The number of carbonyl (C=O) groups is 1. The topological polar surface area (TPSA) is 64.9 Å². The minimum Gasteiger partial charge on any atom is -0.356 e. The first kappa shape index (κ1) is 17.7. The highest BCUT2D eigenvalue weighted by molar-refractivity contribution is 6.02. The lowest BCUT2D eigenvalue weighted by Crippen LogP contribution is -2.11. The van der Waals surface area contributed by atoms with Gasteiger partial charge in [-0.3, -0.25) is 4.79 Å². The molecule has 0 heterocycles. The number of hydrogen-bond donors (Lipinski definition) is 2. The zero-order valence-corrected chi connectivity index (χ0v) is 13.0. The van der Waals surface area contributed by atoms with Crippen LogP contribution in [0.15, 0.2) is 79.4 Å². The number of hydrogen-bond acceptors (Lipinski definition) is 3. The predicted octanol–water partition coefficient (Wildman–Crippen LogP) is 4.64. The molecule has 4 nitrogen and oxygen atoms in total. The van der Waals surface area contributed by atoms with Gasteiger partial charge in [0.25, 0.3) is 5.91 Å². The van der Waals surface area contributed by atoms with Gasteiger partial charge in [-0.2, -0.15) is 5.26 Å². The maximum Gasteiger partial charge on any atom is 0.250 e. The van der Waals surface area contributed by atoms with Crippen LogP contribution >= 0.6 is 0 Å². The maximum absolute atomic E-state index is 11.5. The summed E-state index contributed by atoms with van der Waals surface area (Å²) in [7, 11) is 0. The van der Waals surface area contributed by atoms with Crippen LogP contribution in [0.2, 0.25) is 0 Å². The first-order chi connectivity index (χ1) is 11.1. The molecule has 0 saturated carbocycles. The zero-order chi connectivity index (χ0) is 17.1. The predicted molar refractivity (Wildman–Crippen MR) is 95.4 cm³/mol. The Morgan fingerprint density at radius 2 is 1.52 bits per heavy atom. The fourth-order valence-electron chi connectivity index (χ4n) is 1.56. The van der Waals surface area contributed by atoms with E-state index in [1.165, 1.54) is 6.08 Å². The largest absolute Gasteiger partial charge is 0.356 e. The van der Waals surface area contributed by atoms with Crippen LogP contribution in [-0.2, 0) is 4.79 Å². The number of benzene rings is 2. The summed E-state index contributed by atoms with van der Waals surface area (Å²) in [5, 5.41) is 13.6. The van der Waals surface area contributed by atoms with Crippen LogP contribution in [0.3, 0.4) is 0 Å². The molecule has 0 aliphatic heterocycles. The number of amides is 1. The lowest BCUT2D eigenvalue weighted by atomic mass is 10.2. The first-order valence-electron chi connectivity index (χ1n) is 6.96. The molecule has 2 N–H and O–H groups in total. The van der Waals surface area contributed by atoms with Crippen LogP contribution in [0.4, 0.5) is 17.1 Å². The SMILES string of the molecule is C=C(C)C(=O)Nc1ccc(Nc2ccccc2)cc1.C=CC#N. The molecule has 23 heavy (non-hydrogen) atoms. The van der Waals surface area contributed by atoms with Crippen LogP contribution in [0.5, 0.6) is 0 Å². The molecule has 0 aromatic heterocycles. The number of nitrogens with zero attached hydrogens (tertiary/aromatic N) is 1. The molecule has 0 fully saturated rings. The van der Waals surface area contributed by atoms with Crippen molar-refractivity contribution < 1.29 is 4.79 Å². The van der Waals surface area contributed by atoms with Crippen molar-refractivity contribution in [2.24, 2.45) is 0 Å². The van der Waals surface area contributed by atoms with Gasteiger partial charge < -0.3 is 10.6 Å². The van der Waals surface area contributed by atoms with Gasteiger partial charge in [-0.05, 0) is 43.3 Å². The fourth-order valence-corrected chi connectivity index (χ4v) is 1.56. The van der Waals surface area contributed by atoms with E-state index in [4.69, 9.17) is 5.26 Å². The van der Waals surface area contributed by atoms with Crippen LogP contribution in [-0.4, -0.2) is 5.91 Å². The lowest BCUT2D eigenvalue weighted by molar-refractivity contribution is -0.112. The summed E-state index contributed by atoms with van der Waals surface area (Å²) < 4.78 is 0. The number of allylic oxidation sites excluding steroid dienone is 1. The number of para-hydroxylation sites is 1. The molecule has 0 bridgehead atoms. The van der Waals surface area contributed by atoms with Crippen LogP contribution in [0.25, 0.3) is 0 Å².